The summed E-state index contributed by atoms with van der Waals surface area (Å²) in [5, 5.41) is 7.08. The molecule has 1 N–H and O–H groups in total. The topological polar surface area (TPSA) is 69.3 Å². The number of ether oxygens (including phenoxy) is 1. The van der Waals surface area contributed by atoms with Crippen molar-refractivity contribution in [3.05, 3.63) is 99.2 Å². The van der Waals surface area contributed by atoms with Gasteiger partial charge in [-0.3, -0.25) is 9.48 Å². The summed E-state index contributed by atoms with van der Waals surface area (Å²) in [7, 11) is 0. The first-order valence-corrected chi connectivity index (χ1v) is 11.6. The molecule has 37 heavy (non-hydrogen) atoms. The molecule has 0 aliphatic heterocycles. The molecule has 6 nitrogen and oxygen atoms in total. The van der Waals surface area contributed by atoms with Crippen molar-refractivity contribution in [1.29, 1.82) is 0 Å². The molecule has 0 saturated carbocycles. The van der Waals surface area contributed by atoms with Crippen LogP contribution in [0.4, 0.5) is 23.2 Å². The molecular weight excluding hydrogens is 514 g/mol. The molecule has 2 aromatic heterocycles. The van der Waals surface area contributed by atoms with Gasteiger partial charge < -0.3 is 14.5 Å². The number of aromatic nitrogens is 2. The maximum atomic E-state index is 13.9. The molecule has 194 valence electrons. The highest BCUT2D eigenvalue weighted by Gasteiger charge is 2.20. The molecule has 2 aromatic carbocycles. The average molecular weight is 536 g/mol. The quantitative estimate of drug-likeness (QED) is 0.150. The second-order valence-corrected chi connectivity index (χ2v) is 9.08. The first kappa shape index (κ1) is 26.3. The van der Waals surface area contributed by atoms with Gasteiger partial charge in [0.2, 0.25) is 0 Å². The van der Waals surface area contributed by atoms with Crippen LogP contribution in [0.25, 0.3) is 0 Å². The van der Waals surface area contributed by atoms with Gasteiger partial charge in [0.05, 0.1) is 18.4 Å². The lowest BCUT2D eigenvalue weighted by atomic mass is 10.0. The Hall–Kier alpha value is -3.79. The van der Waals surface area contributed by atoms with Crippen molar-refractivity contribution in [2.75, 3.05) is 5.32 Å². The minimum Gasteiger partial charge on any atom is -0.485 e. The number of aryl methyl sites for hydroxylation is 1. The minimum absolute atomic E-state index is 0.000384. The smallest absolute Gasteiger partial charge is 0.291 e. The number of benzene rings is 2. The van der Waals surface area contributed by atoms with Crippen LogP contribution in [0.5, 0.6) is 5.75 Å². The first-order valence-electron chi connectivity index (χ1n) is 11.2. The Labute approximate surface area is 214 Å². The highest BCUT2D eigenvalue weighted by atomic mass is 35.5. The van der Waals surface area contributed by atoms with Crippen molar-refractivity contribution in [3.8, 4) is 5.75 Å². The van der Waals surface area contributed by atoms with Gasteiger partial charge in [-0.2, -0.15) is 5.10 Å². The van der Waals surface area contributed by atoms with Crippen LogP contribution in [0.3, 0.4) is 0 Å². The SMILES string of the molecule is Cc1cc(OCc2ccc(C(=O)Nc3cnn(Cc4c(F)cc(F)c(F)c4F)c3)o2)c(C(C)C)cc1Cl. The van der Waals surface area contributed by atoms with E-state index in [1.165, 1.54) is 18.5 Å². The monoisotopic (exact) mass is 535 g/mol. The van der Waals surface area contributed by atoms with E-state index in [0.717, 1.165) is 15.8 Å². The number of carbonyl (C=O) groups excluding carboxylic acids is 1. The molecule has 0 atom stereocenters. The zero-order chi connectivity index (χ0) is 26.9. The van der Waals surface area contributed by atoms with Gasteiger partial charge in [0, 0.05) is 22.8 Å². The average Bonchev–Trinajstić information content (AvgIpc) is 3.50. The van der Waals surface area contributed by atoms with E-state index in [0.29, 0.717) is 16.5 Å². The molecule has 4 aromatic rings. The van der Waals surface area contributed by atoms with Gasteiger partial charge in [-0.1, -0.05) is 25.4 Å². The number of amides is 1. The number of halogens is 5. The number of carbonyl (C=O) groups is 1. The lowest BCUT2D eigenvalue weighted by Gasteiger charge is -2.15. The fraction of sp³-hybridized carbons (Fsp3) is 0.231. The Morgan fingerprint density at radius 1 is 1.14 bits per heavy atom. The Morgan fingerprint density at radius 3 is 2.62 bits per heavy atom. The molecule has 0 saturated heterocycles. The Balaban J connectivity index is 1.40. The maximum absolute atomic E-state index is 13.9. The third-order valence-electron chi connectivity index (χ3n) is 5.59. The number of furan rings is 1. The predicted molar refractivity (Wildman–Crippen MR) is 129 cm³/mol. The molecule has 0 aliphatic rings. The van der Waals surface area contributed by atoms with E-state index in [-0.39, 0.29) is 30.0 Å². The summed E-state index contributed by atoms with van der Waals surface area (Å²) in [6, 6.07) is 7.05. The fourth-order valence-electron chi connectivity index (χ4n) is 3.59. The van der Waals surface area contributed by atoms with Gasteiger partial charge in [0.1, 0.15) is 23.9 Å². The van der Waals surface area contributed by atoms with E-state index in [2.05, 4.69) is 10.4 Å². The van der Waals surface area contributed by atoms with Crippen LogP contribution < -0.4 is 10.1 Å². The zero-order valence-corrected chi connectivity index (χ0v) is 20.8. The van der Waals surface area contributed by atoms with Crippen LogP contribution in [0.2, 0.25) is 5.02 Å². The van der Waals surface area contributed by atoms with Crippen molar-refractivity contribution in [3.63, 3.8) is 0 Å². The van der Waals surface area contributed by atoms with Gasteiger partial charge in [0.25, 0.3) is 5.91 Å². The molecular formula is C26H22ClF4N3O3. The number of hydrogen-bond acceptors (Lipinski definition) is 4. The number of nitrogens with one attached hydrogen (secondary N) is 1. The third kappa shape index (κ3) is 5.80. The lowest BCUT2D eigenvalue weighted by Crippen LogP contribution is -2.11. The fourth-order valence-corrected chi connectivity index (χ4v) is 3.76. The summed E-state index contributed by atoms with van der Waals surface area (Å²) in [5.41, 5.74) is 1.31. The number of anilines is 1. The third-order valence-corrected chi connectivity index (χ3v) is 6.00. The molecule has 1 amide bonds. The van der Waals surface area contributed by atoms with E-state index < -0.39 is 41.3 Å². The Kier molecular flexibility index (Phi) is 7.58. The summed E-state index contributed by atoms with van der Waals surface area (Å²) in [6.07, 6.45) is 2.51. The zero-order valence-electron chi connectivity index (χ0n) is 20.0. The van der Waals surface area contributed by atoms with Gasteiger partial charge in [-0.15, -0.1) is 0 Å². The number of nitrogens with zero attached hydrogens (tertiary/aromatic N) is 2. The lowest BCUT2D eigenvalue weighted by molar-refractivity contribution is 0.0992. The summed E-state index contributed by atoms with van der Waals surface area (Å²) in [6.45, 7) is 5.49. The summed E-state index contributed by atoms with van der Waals surface area (Å²) < 4.78 is 67.0. The molecule has 2 heterocycles. The van der Waals surface area contributed by atoms with Crippen LogP contribution in [-0.4, -0.2) is 15.7 Å². The largest absolute Gasteiger partial charge is 0.485 e. The molecule has 0 unspecified atom stereocenters. The van der Waals surface area contributed by atoms with Crippen LogP contribution in [0, 0.1) is 30.2 Å². The van der Waals surface area contributed by atoms with Crippen molar-refractivity contribution in [1.82, 2.24) is 9.78 Å². The molecule has 0 spiro atoms. The van der Waals surface area contributed by atoms with Crippen molar-refractivity contribution < 1.29 is 31.5 Å². The summed E-state index contributed by atoms with van der Waals surface area (Å²) >= 11 is 6.23. The van der Waals surface area contributed by atoms with Crippen LogP contribution in [0.15, 0.2) is 47.1 Å². The van der Waals surface area contributed by atoms with Gasteiger partial charge in [-0.25, -0.2) is 17.6 Å². The van der Waals surface area contributed by atoms with Crippen molar-refractivity contribution in [2.24, 2.45) is 0 Å². The maximum Gasteiger partial charge on any atom is 0.291 e. The predicted octanol–water partition coefficient (Wildman–Crippen LogP) is 7.00. The summed E-state index contributed by atoms with van der Waals surface area (Å²) in [4.78, 5) is 12.6. The molecule has 0 bridgehead atoms. The summed E-state index contributed by atoms with van der Waals surface area (Å²) in [5.74, 6) is -5.63. The van der Waals surface area contributed by atoms with Crippen molar-refractivity contribution >= 4 is 23.2 Å². The van der Waals surface area contributed by atoms with E-state index in [9.17, 15) is 22.4 Å². The van der Waals surface area contributed by atoms with Crippen LogP contribution >= 0.6 is 11.6 Å². The van der Waals surface area contributed by atoms with E-state index in [1.807, 2.05) is 32.9 Å². The van der Waals surface area contributed by atoms with E-state index in [4.69, 9.17) is 20.8 Å². The van der Waals surface area contributed by atoms with Crippen molar-refractivity contribution in [2.45, 2.75) is 39.8 Å². The highest BCUT2D eigenvalue weighted by molar-refractivity contribution is 6.31. The standard InChI is InChI=1S/C26H22ClF4N3O3/c1-13(2)17-7-19(27)14(3)6-23(17)36-12-16-4-5-22(37-16)26(35)33-15-9-32-34(10-15)11-18-20(28)8-21(29)25(31)24(18)30/h4-10,13H,11-12H2,1-3H3,(H,33,35). The van der Waals surface area contributed by atoms with E-state index in [1.54, 1.807) is 6.07 Å². The first-order chi connectivity index (χ1) is 17.5. The highest BCUT2D eigenvalue weighted by Crippen LogP contribution is 2.32. The van der Waals surface area contributed by atoms with Crippen LogP contribution in [0.1, 0.15) is 52.8 Å². The van der Waals surface area contributed by atoms with Crippen LogP contribution in [-0.2, 0) is 13.2 Å². The van der Waals surface area contributed by atoms with Gasteiger partial charge >= 0.3 is 0 Å². The van der Waals surface area contributed by atoms with Gasteiger partial charge in [-0.05, 0) is 48.2 Å². The minimum atomic E-state index is -1.78. The molecule has 0 aliphatic carbocycles. The Morgan fingerprint density at radius 2 is 1.89 bits per heavy atom. The number of rotatable bonds is 8. The normalized spacial score (nSPS) is 11.3. The second-order valence-electron chi connectivity index (χ2n) is 8.68. The molecule has 4 rings (SSSR count). The molecule has 0 radical (unpaired) electrons. The molecule has 0 fully saturated rings. The van der Waals surface area contributed by atoms with E-state index >= 15 is 0 Å². The van der Waals surface area contributed by atoms with Gasteiger partial charge in [0.15, 0.2) is 23.2 Å². The second kappa shape index (κ2) is 10.7. The number of hydrogen-bond donors (Lipinski definition) is 1. The Bertz CT molecular complexity index is 1470. The molecule has 11 heteroatoms.